The van der Waals surface area contributed by atoms with Crippen molar-refractivity contribution < 1.29 is 14.4 Å². The molecule has 0 amide bonds. The summed E-state index contributed by atoms with van der Waals surface area (Å²) in [5, 5.41) is 0. The second-order valence-electron chi connectivity index (χ2n) is 7.85. The van der Waals surface area contributed by atoms with Gasteiger partial charge in [-0.1, -0.05) is 51.8 Å². The molecule has 146 valence electrons. The lowest BCUT2D eigenvalue weighted by Gasteiger charge is -2.16. The maximum Gasteiger partial charge on any atom is 0.151 e. The molecular formula is C24H25BrO3. The van der Waals surface area contributed by atoms with E-state index >= 15 is 0 Å². The molecule has 0 N–H and O–H groups in total. The van der Waals surface area contributed by atoms with Crippen molar-refractivity contribution in [2.45, 2.75) is 52.4 Å². The van der Waals surface area contributed by atoms with Crippen LogP contribution in [0, 0.1) is 26.7 Å². The number of Topliss-reactive ketones (excluding diaryl/α,β-unsaturated/α-hetero) is 3. The molecule has 28 heavy (non-hydrogen) atoms. The first-order valence-corrected chi connectivity index (χ1v) is 10.5. The van der Waals surface area contributed by atoms with Crippen LogP contribution in [-0.4, -0.2) is 17.3 Å². The Balaban J connectivity index is 1.69. The van der Waals surface area contributed by atoms with Gasteiger partial charge in [0.15, 0.2) is 5.78 Å². The van der Waals surface area contributed by atoms with E-state index in [2.05, 4.69) is 15.9 Å². The molecule has 0 bridgehead atoms. The first-order chi connectivity index (χ1) is 13.3. The standard InChI is InChI=1S/C24H25BrO3/c1-14-10-15(2)22(16(3)11-14)23-21(27)13-18(24(23)28)12-19(26)9-8-17-6-4-5-7-20(17)25/h4-7,10-11,18,23H,8-9,12-13H2,1-3H3. The van der Waals surface area contributed by atoms with Crippen molar-refractivity contribution in [1.82, 2.24) is 0 Å². The van der Waals surface area contributed by atoms with Gasteiger partial charge in [-0.2, -0.15) is 0 Å². The number of carbonyl (C=O) groups excluding carboxylic acids is 3. The van der Waals surface area contributed by atoms with Crippen molar-refractivity contribution in [3.63, 3.8) is 0 Å². The summed E-state index contributed by atoms with van der Waals surface area (Å²) in [6.45, 7) is 5.91. The minimum atomic E-state index is -0.707. The summed E-state index contributed by atoms with van der Waals surface area (Å²) in [5.74, 6) is -1.29. The Labute approximate surface area is 174 Å². The van der Waals surface area contributed by atoms with Crippen molar-refractivity contribution in [3.05, 3.63) is 68.7 Å². The van der Waals surface area contributed by atoms with Gasteiger partial charge in [0.1, 0.15) is 17.5 Å². The van der Waals surface area contributed by atoms with Crippen LogP contribution in [-0.2, 0) is 20.8 Å². The molecule has 0 spiro atoms. The Morgan fingerprint density at radius 2 is 1.71 bits per heavy atom. The Bertz CT molecular complexity index is 922. The first kappa shape index (κ1) is 20.7. The van der Waals surface area contributed by atoms with Gasteiger partial charge < -0.3 is 0 Å². The molecule has 3 nitrogen and oxygen atoms in total. The number of halogens is 1. The number of hydrogen-bond donors (Lipinski definition) is 0. The first-order valence-electron chi connectivity index (χ1n) is 9.67. The lowest BCUT2D eigenvalue weighted by atomic mass is 9.86. The van der Waals surface area contributed by atoms with E-state index in [0.717, 1.165) is 32.3 Å². The van der Waals surface area contributed by atoms with Crippen LogP contribution in [0.5, 0.6) is 0 Å². The van der Waals surface area contributed by atoms with Gasteiger partial charge in [0.2, 0.25) is 0 Å². The van der Waals surface area contributed by atoms with Crippen LogP contribution in [0.25, 0.3) is 0 Å². The Hall–Kier alpha value is -2.07. The Morgan fingerprint density at radius 3 is 2.36 bits per heavy atom. The van der Waals surface area contributed by atoms with Crippen LogP contribution in [0.3, 0.4) is 0 Å². The van der Waals surface area contributed by atoms with E-state index in [1.54, 1.807) is 0 Å². The Morgan fingerprint density at radius 1 is 1.07 bits per heavy atom. The highest BCUT2D eigenvalue weighted by atomic mass is 79.9. The molecule has 2 aromatic rings. The summed E-state index contributed by atoms with van der Waals surface area (Å²) < 4.78 is 0.986. The molecule has 0 saturated heterocycles. The molecule has 1 aliphatic rings. The molecule has 1 saturated carbocycles. The van der Waals surface area contributed by atoms with E-state index in [4.69, 9.17) is 0 Å². The van der Waals surface area contributed by atoms with Gasteiger partial charge in [0, 0.05) is 29.7 Å². The monoisotopic (exact) mass is 440 g/mol. The van der Waals surface area contributed by atoms with Crippen molar-refractivity contribution >= 4 is 33.3 Å². The third-order valence-corrected chi connectivity index (χ3v) is 6.36. The van der Waals surface area contributed by atoms with Crippen molar-refractivity contribution in [3.8, 4) is 0 Å². The van der Waals surface area contributed by atoms with E-state index in [9.17, 15) is 14.4 Å². The molecule has 3 rings (SSSR count). The predicted molar refractivity (Wildman–Crippen MR) is 114 cm³/mol. The lowest BCUT2D eigenvalue weighted by molar-refractivity contribution is -0.127. The van der Waals surface area contributed by atoms with E-state index in [1.165, 1.54) is 0 Å². The van der Waals surface area contributed by atoms with E-state index in [-0.39, 0.29) is 30.2 Å². The van der Waals surface area contributed by atoms with Crippen LogP contribution in [0.1, 0.15) is 53.0 Å². The van der Waals surface area contributed by atoms with Gasteiger partial charge in [0.05, 0.1) is 0 Å². The largest absolute Gasteiger partial charge is 0.300 e. The molecule has 0 aromatic heterocycles. The average molecular weight is 441 g/mol. The predicted octanol–water partition coefficient (Wildman–Crippen LogP) is 5.21. The fraction of sp³-hybridized carbons (Fsp3) is 0.375. The van der Waals surface area contributed by atoms with Gasteiger partial charge in [0.25, 0.3) is 0 Å². The van der Waals surface area contributed by atoms with Crippen molar-refractivity contribution in [2.75, 3.05) is 0 Å². The van der Waals surface area contributed by atoms with Crippen LogP contribution in [0.2, 0.25) is 0 Å². The average Bonchev–Trinajstić information content (AvgIpc) is 2.88. The molecule has 0 radical (unpaired) electrons. The zero-order chi connectivity index (χ0) is 20.4. The molecule has 1 aliphatic carbocycles. The zero-order valence-corrected chi connectivity index (χ0v) is 18.1. The SMILES string of the molecule is Cc1cc(C)c(C2C(=O)CC(CC(=O)CCc3ccccc3Br)C2=O)c(C)c1. The summed E-state index contributed by atoms with van der Waals surface area (Å²) in [6.07, 6.45) is 1.36. The van der Waals surface area contributed by atoms with Crippen LogP contribution >= 0.6 is 15.9 Å². The highest BCUT2D eigenvalue weighted by Gasteiger charge is 2.43. The number of benzene rings is 2. The van der Waals surface area contributed by atoms with Gasteiger partial charge in [-0.05, 0) is 55.5 Å². The minimum Gasteiger partial charge on any atom is -0.300 e. The van der Waals surface area contributed by atoms with Crippen LogP contribution < -0.4 is 0 Å². The number of carbonyl (C=O) groups is 3. The third-order valence-electron chi connectivity index (χ3n) is 5.59. The third kappa shape index (κ3) is 4.33. The number of aryl methyl sites for hydroxylation is 4. The lowest BCUT2D eigenvalue weighted by Crippen LogP contribution is -2.19. The van der Waals surface area contributed by atoms with Gasteiger partial charge >= 0.3 is 0 Å². The topological polar surface area (TPSA) is 51.2 Å². The highest BCUT2D eigenvalue weighted by Crippen LogP contribution is 2.37. The molecule has 2 atom stereocenters. The molecule has 4 heteroatoms. The number of hydrogen-bond acceptors (Lipinski definition) is 3. The highest BCUT2D eigenvalue weighted by molar-refractivity contribution is 9.10. The quantitative estimate of drug-likeness (QED) is 0.579. The summed E-state index contributed by atoms with van der Waals surface area (Å²) in [6, 6.07) is 11.8. The summed E-state index contributed by atoms with van der Waals surface area (Å²) in [4.78, 5) is 38.1. The molecule has 2 unspecified atom stereocenters. The van der Waals surface area contributed by atoms with E-state index < -0.39 is 11.8 Å². The second kappa shape index (κ2) is 8.52. The zero-order valence-electron chi connectivity index (χ0n) is 16.5. The molecular weight excluding hydrogens is 416 g/mol. The normalized spacial score (nSPS) is 19.3. The maximum atomic E-state index is 13.0. The van der Waals surface area contributed by atoms with Crippen molar-refractivity contribution in [2.24, 2.45) is 5.92 Å². The molecule has 1 fully saturated rings. The summed E-state index contributed by atoms with van der Waals surface area (Å²) >= 11 is 3.49. The van der Waals surface area contributed by atoms with E-state index in [1.807, 2.05) is 57.2 Å². The van der Waals surface area contributed by atoms with Gasteiger partial charge in [-0.3, -0.25) is 14.4 Å². The molecule has 0 heterocycles. The van der Waals surface area contributed by atoms with Gasteiger partial charge in [-0.15, -0.1) is 0 Å². The summed E-state index contributed by atoms with van der Waals surface area (Å²) in [7, 11) is 0. The fourth-order valence-corrected chi connectivity index (χ4v) is 4.81. The fourth-order valence-electron chi connectivity index (χ4n) is 4.33. The second-order valence-corrected chi connectivity index (χ2v) is 8.70. The smallest absolute Gasteiger partial charge is 0.151 e. The number of ketones is 3. The minimum absolute atomic E-state index is 0.0416. The van der Waals surface area contributed by atoms with Crippen molar-refractivity contribution in [1.29, 1.82) is 0 Å². The molecule has 0 aliphatic heterocycles. The van der Waals surface area contributed by atoms with Crippen LogP contribution in [0.15, 0.2) is 40.9 Å². The number of rotatable bonds is 6. The van der Waals surface area contributed by atoms with Gasteiger partial charge in [-0.25, -0.2) is 0 Å². The Kier molecular flexibility index (Phi) is 6.29. The molecule has 2 aromatic carbocycles. The van der Waals surface area contributed by atoms with Crippen LogP contribution in [0.4, 0.5) is 0 Å². The maximum absolute atomic E-state index is 13.0. The van der Waals surface area contributed by atoms with E-state index in [0.29, 0.717) is 12.8 Å². The summed E-state index contributed by atoms with van der Waals surface area (Å²) in [5.41, 5.74) is 4.99.